The van der Waals surface area contributed by atoms with Gasteiger partial charge in [-0.2, -0.15) is 5.10 Å². The highest BCUT2D eigenvalue weighted by Gasteiger charge is 2.03. The summed E-state index contributed by atoms with van der Waals surface area (Å²) in [6.07, 6.45) is 1.74. The van der Waals surface area contributed by atoms with Crippen LogP contribution in [0, 0.1) is 11.6 Å². The summed E-state index contributed by atoms with van der Waals surface area (Å²) < 4.78 is 25.9. The van der Waals surface area contributed by atoms with Crippen LogP contribution in [0.4, 0.5) is 14.5 Å². The normalized spacial score (nSPS) is 10.8. The fourth-order valence-corrected chi connectivity index (χ4v) is 1.90. The summed E-state index contributed by atoms with van der Waals surface area (Å²) in [6, 6.07) is 9.65. The van der Waals surface area contributed by atoms with Gasteiger partial charge in [0.05, 0.1) is 11.7 Å². The van der Waals surface area contributed by atoms with Gasteiger partial charge in [-0.25, -0.2) is 8.78 Å². The maximum absolute atomic E-state index is 13.1. The molecule has 0 atom stereocenters. The van der Waals surface area contributed by atoms with Crippen LogP contribution in [0.5, 0.6) is 0 Å². The van der Waals surface area contributed by atoms with Gasteiger partial charge in [0, 0.05) is 17.6 Å². The lowest BCUT2D eigenvalue weighted by Crippen LogP contribution is -2.00. The smallest absolute Gasteiger partial charge is 0.159 e. The molecule has 0 bridgehead atoms. The lowest BCUT2D eigenvalue weighted by atomic mass is 10.2. The summed E-state index contributed by atoms with van der Waals surface area (Å²) in [4.78, 5) is 0. The van der Waals surface area contributed by atoms with Gasteiger partial charge in [-0.15, -0.1) is 0 Å². The highest BCUT2D eigenvalue weighted by molar-refractivity contribution is 5.81. The zero-order chi connectivity index (χ0) is 13.2. The number of nitrogens with one attached hydrogen (secondary N) is 2. The molecular formula is C14H11F2N3. The Morgan fingerprint density at radius 1 is 1.05 bits per heavy atom. The van der Waals surface area contributed by atoms with Crippen molar-refractivity contribution in [1.29, 1.82) is 0 Å². The molecule has 1 heterocycles. The Morgan fingerprint density at radius 2 is 1.95 bits per heavy atom. The fourth-order valence-electron chi connectivity index (χ4n) is 1.90. The summed E-state index contributed by atoms with van der Waals surface area (Å²) in [5.74, 6) is -1.66. The first-order valence-corrected chi connectivity index (χ1v) is 5.83. The van der Waals surface area contributed by atoms with E-state index in [2.05, 4.69) is 15.5 Å². The Morgan fingerprint density at radius 3 is 2.79 bits per heavy atom. The van der Waals surface area contributed by atoms with Crippen LogP contribution in [-0.4, -0.2) is 10.2 Å². The van der Waals surface area contributed by atoms with Crippen molar-refractivity contribution in [3.63, 3.8) is 0 Å². The lowest BCUT2D eigenvalue weighted by molar-refractivity contribution is 0.507. The maximum Gasteiger partial charge on any atom is 0.159 e. The van der Waals surface area contributed by atoms with E-state index in [-0.39, 0.29) is 0 Å². The Balaban J connectivity index is 1.75. The number of benzene rings is 2. The summed E-state index contributed by atoms with van der Waals surface area (Å²) >= 11 is 0. The zero-order valence-electron chi connectivity index (χ0n) is 9.95. The Labute approximate surface area is 108 Å². The van der Waals surface area contributed by atoms with E-state index >= 15 is 0 Å². The molecule has 0 amide bonds. The minimum atomic E-state index is -0.831. The van der Waals surface area contributed by atoms with E-state index in [0.717, 1.165) is 22.7 Å². The fraction of sp³-hybridized carbons (Fsp3) is 0.0714. The molecule has 5 heteroatoms. The predicted octanol–water partition coefficient (Wildman–Crippen LogP) is 3.45. The van der Waals surface area contributed by atoms with Crippen LogP contribution in [0.25, 0.3) is 10.9 Å². The van der Waals surface area contributed by atoms with Crippen molar-refractivity contribution in [3.8, 4) is 0 Å². The summed E-state index contributed by atoms with van der Waals surface area (Å²) in [6.45, 7) is 0.427. The molecule has 3 rings (SSSR count). The molecule has 2 aromatic carbocycles. The third-order valence-electron chi connectivity index (χ3n) is 2.92. The second-order valence-electron chi connectivity index (χ2n) is 4.27. The average molecular weight is 259 g/mol. The number of anilines is 1. The van der Waals surface area contributed by atoms with E-state index in [4.69, 9.17) is 0 Å². The number of aromatic nitrogens is 2. The quantitative estimate of drug-likeness (QED) is 0.756. The molecule has 0 unspecified atom stereocenters. The zero-order valence-corrected chi connectivity index (χ0v) is 9.95. The number of fused-ring (bicyclic) bond motifs is 1. The van der Waals surface area contributed by atoms with Gasteiger partial charge < -0.3 is 5.32 Å². The summed E-state index contributed by atoms with van der Waals surface area (Å²) in [5.41, 5.74) is 2.50. The minimum Gasteiger partial charge on any atom is -0.381 e. The lowest BCUT2D eigenvalue weighted by Gasteiger charge is -2.07. The van der Waals surface area contributed by atoms with Crippen LogP contribution in [0.2, 0.25) is 0 Å². The van der Waals surface area contributed by atoms with Crippen LogP contribution in [0.3, 0.4) is 0 Å². The number of nitrogens with zero attached hydrogens (tertiary/aromatic N) is 1. The Hall–Kier alpha value is -2.43. The van der Waals surface area contributed by atoms with Gasteiger partial charge in [0.15, 0.2) is 11.6 Å². The predicted molar refractivity (Wildman–Crippen MR) is 69.8 cm³/mol. The molecule has 1 aromatic heterocycles. The van der Waals surface area contributed by atoms with Crippen LogP contribution >= 0.6 is 0 Å². The van der Waals surface area contributed by atoms with Crippen LogP contribution in [0.15, 0.2) is 42.6 Å². The number of halogens is 2. The standard InChI is InChI=1S/C14H11F2N3/c15-12-4-1-9(5-13(12)16)7-17-11-3-2-10-8-18-19-14(10)6-11/h1-6,8,17H,7H2,(H,18,19). The van der Waals surface area contributed by atoms with Gasteiger partial charge >= 0.3 is 0 Å². The molecule has 0 fully saturated rings. The number of hydrogen-bond acceptors (Lipinski definition) is 2. The van der Waals surface area contributed by atoms with E-state index in [1.54, 1.807) is 12.3 Å². The minimum absolute atomic E-state index is 0.427. The first-order chi connectivity index (χ1) is 9.22. The van der Waals surface area contributed by atoms with E-state index in [1.807, 2.05) is 18.2 Å². The molecule has 0 saturated heterocycles. The third-order valence-corrected chi connectivity index (χ3v) is 2.92. The molecule has 0 saturated carbocycles. The van der Waals surface area contributed by atoms with Gasteiger partial charge in [0.1, 0.15) is 0 Å². The largest absolute Gasteiger partial charge is 0.381 e. The van der Waals surface area contributed by atoms with E-state index in [1.165, 1.54) is 6.07 Å². The van der Waals surface area contributed by atoms with Crippen molar-refractivity contribution in [1.82, 2.24) is 10.2 Å². The van der Waals surface area contributed by atoms with Gasteiger partial charge in [-0.05, 0) is 35.9 Å². The molecule has 96 valence electrons. The molecule has 0 spiro atoms. The maximum atomic E-state index is 13.1. The molecule has 19 heavy (non-hydrogen) atoms. The molecule has 3 aromatic rings. The van der Waals surface area contributed by atoms with Crippen molar-refractivity contribution in [2.45, 2.75) is 6.54 Å². The van der Waals surface area contributed by atoms with Crippen molar-refractivity contribution in [2.75, 3.05) is 5.32 Å². The topological polar surface area (TPSA) is 40.7 Å². The number of rotatable bonds is 3. The molecule has 0 aliphatic heterocycles. The van der Waals surface area contributed by atoms with Crippen molar-refractivity contribution < 1.29 is 8.78 Å². The van der Waals surface area contributed by atoms with Crippen LogP contribution < -0.4 is 5.32 Å². The Bertz CT molecular complexity index is 722. The first kappa shape index (κ1) is 11.6. The SMILES string of the molecule is Fc1ccc(CNc2ccc3cn[nH]c3c2)cc1F. The van der Waals surface area contributed by atoms with E-state index < -0.39 is 11.6 Å². The van der Waals surface area contributed by atoms with Crippen LogP contribution in [-0.2, 0) is 6.54 Å². The molecular weight excluding hydrogens is 248 g/mol. The van der Waals surface area contributed by atoms with Crippen molar-refractivity contribution >= 4 is 16.6 Å². The monoisotopic (exact) mass is 259 g/mol. The first-order valence-electron chi connectivity index (χ1n) is 5.83. The highest BCUT2D eigenvalue weighted by atomic mass is 19.2. The van der Waals surface area contributed by atoms with E-state index in [0.29, 0.717) is 12.1 Å². The van der Waals surface area contributed by atoms with Gasteiger partial charge in [0.25, 0.3) is 0 Å². The number of H-pyrrole nitrogens is 1. The molecule has 0 aliphatic rings. The second-order valence-corrected chi connectivity index (χ2v) is 4.27. The number of hydrogen-bond donors (Lipinski definition) is 2. The summed E-state index contributed by atoms with van der Waals surface area (Å²) in [5, 5.41) is 11.0. The molecule has 3 nitrogen and oxygen atoms in total. The average Bonchev–Trinajstić information content (AvgIpc) is 2.87. The number of aromatic amines is 1. The molecule has 0 aliphatic carbocycles. The third kappa shape index (κ3) is 2.40. The highest BCUT2D eigenvalue weighted by Crippen LogP contribution is 2.17. The van der Waals surface area contributed by atoms with Crippen molar-refractivity contribution in [2.24, 2.45) is 0 Å². The van der Waals surface area contributed by atoms with E-state index in [9.17, 15) is 8.78 Å². The Kier molecular flexibility index (Phi) is 2.87. The van der Waals surface area contributed by atoms with Crippen LogP contribution in [0.1, 0.15) is 5.56 Å². The second kappa shape index (κ2) is 4.68. The summed E-state index contributed by atoms with van der Waals surface area (Å²) in [7, 11) is 0. The molecule has 2 N–H and O–H groups in total. The van der Waals surface area contributed by atoms with Gasteiger partial charge in [-0.3, -0.25) is 5.10 Å². The molecule has 0 radical (unpaired) electrons. The van der Waals surface area contributed by atoms with Gasteiger partial charge in [0.2, 0.25) is 0 Å². The van der Waals surface area contributed by atoms with Gasteiger partial charge in [-0.1, -0.05) is 6.07 Å². The van der Waals surface area contributed by atoms with Crippen molar-refractivity contribution in [3.05, 3.63) is 59.8 Å².